The second kappa shape index (κ2) is 7.00. The van der Waals surface area contributed by atoms with E-state index in [0.717, 1.165) is 56.7 Å². The van der Waals surface area contributed by atoms with Crippen LogP contribution < -0.4 is 5.32 Å². The number of piperidine rings is 1. The van der Waals surface area contributed by atoms with Gasteiger partial charge in [-0.05, 0) is 23.8 Å². The maximum atomic E-state index is 13.1. The van der Waals surface area contributed by atoms with Crippen LogP contribution in [-0.4, -0.2) is 40.6 Å². The van der Waals surface area contributed by atoms with Crippen LogP contribution in [0.3, 0.4) is 0 Å². The Balaban J connectivity index is 1.51. The minimum absolute atomic E-state index is 0.0890. The highest BCUT2D eigenvalue weighted by Crippen LogP contribution is 2.35. The molecule has 25 heavy (non-hydrogen) atoms. The third kappa shape index (κ3) is 3.09. The van der Waals surface area contributed by atoms with Crippen LogP contribution in [0.15, 0.2) is 30.3 Å². The van der Waals surface area contributed by atoms with E-state index in [-0.39, 0.29) is 5.91 Å². The smallest absolute Gasteiger partial charge is 0.274 e. The first-order valence-electron chi connectivity index (χ1n) is 9.39. The van der Waals surface area contributed by atoms with Crippen molar-refractivity contribution in [2.45, 2.75) is 38.6 Å². The minimum atomic E-state index is 0.0890. The van der Waals surface area contributed by atoms with E-state index in [0.29, 0.717) is 17.5 Å². The molecule has 2 N–H and O–H groups in total. The lowest BCUT2D eigenvalue weighted by Crippen LogP contribution is -2.43. The molecule has 0 spiro atoms. The molecule has 1 saturated heterocycles. The molecule has 1 aromatic carbocycles. The number of aromatic nitrogens is 2. The van der Waals surface area contributed by atoms with E-state index >= 15 is 0 Å². The molecule has 2 unspecified atom stereocenters. The van der Waals surface area contributed by atoms with Crippen LogP contribution in [0.5, 0.6) is 0 Å². The standard InChI is InChI=1S/C20H26N4O/c1-2-14-13-24(11-9-16(14)15-6-4-3-5-7-15)20(25)19-17-12-21-10-8-18(17)22-23-19/h3-7,14,16,21H,2,8-13H2,1H3,(H,22,23). The number of nitrogens with one attached hydrogen (secondary N) is 2. The number of hydrogen-bond acceptors (Lipinski definition) is 3. The fourth-order valence-electron chi connectivity index (χ4n) is 4.32. The van der Waals surface area contributed by atoms with Gasteiger partial charge in [0.15, 0.2) is 5.69 Å². The van der Waals surface area contributed by atoms with Crippen molar-refractivity contribution >= 4 is 5.91 Å². The third-order valence-corrected chi connectivity index (χ3v) is 5.78. The molecule has 4 rings (SSSR count). The molecule has 1 fully saturated rings. The van der Waals surface area contributed by atoms with Crippen LogP contribution in [0.4, 0.5) is 0 Å². The molecule has 2 aliphatic heterocycles. The van der Waals surface area contributed by atoms with E-state index in [1.807, 2.05) is 4.90 Å². The molecule has 0 aliphatic carbocycles. The van der Waals surface area contributed by atoms with Crippen LogP contribution in [0.1, 0.15) is 53.0 Å². The Bertz CT molecular complexity index is 739. The summed E-state index contributed by atoms with van der Waals surface area (Å²) in [4.78, 5) is 15.1. The summed E-state index contributed by atoms with van der Waals surface area (Å²) in [5.74, 6) is 1.14. The highest BCUT2D eigenvalue weighted by Gasteiger charge is 2.33. The van der Waals surface area contributed by atoms with Crippen molar-refractivity contribution in [3.63, 3.8) is 0 Å². The predicted octanol–water partition coefficient (Wildman–Crippen LogP) is 2.71. The lowest BCUT2D eigenvalue weighted by molar-refractivity contribution is 0.0638. The number of carbonyl (C=O) groups excluding carboxylic acids is 1. The Kier molecular flexibility index (Phi) is 4.57. The van der Waals surface area contributed by atoms with Gasteiger partial charge in [0.25, 0.3) is 5.91 Å². The van der Waals surface area contributed by atoms with Gasteiger partial charge in [-0.1, -0.05) is 43.7 Å². The molecule has 5 nitrogen and oxygen atoms in total. The fraction of sp³-hybridized carbons (Fsp3) is 0.500. The van der Waals surface area contributed by atoms with Gasteiger partial charge in [-0.3, -0.25) is 9.89 Å². The van der Waals surface area contributed by atoms with Gasteiger partial charge in [0, 0.05) is 43.9 Å². The van der Waals surface area contributed by atoms with Crippen LogP contribution >= 0.6 is 0 Å². The molecular formula is C20H26N4O. The largest absolute Gasteiger partial charge is 0.337 e. The number of aromatic amines is 1. The van der Waals surface area contributed by atoms with Crippen LogP contribution in [0, 0.1) is 5.92 Å². The molecular weight excluding hydrogens is 312 g/mol. The van der Waals surface area contributed by atoms with Crippen molar-refractivity contribution in [1.29, 1.82) is 0 Å². The number of nitrogens with zero attached hydrogens (tertiary/aromatic N) is 2. The number of H-pyrrole nitrogens is 1. The molecule has 2 aliphatic rings. The van der Waals surface area contributed by atoms with Crippen molar-refractivity contribution < 1.29 is 4.79 Å². The Hall–Kier alpha value is -2.14. The SMILES string of the molecule is CCC1CN(C(=O)c2n[nH]c3c2CNCC3)CCC1c1ccccc1. The summed E-state index contributed by atoms with van der Waals surface area (Å²) in [6.45, 7) is 5.55. The van der Waals surface area contributed by atoms with Gasteiger partial charge in [-0.15, -0.1) is 0 Å². The lowest BCUT2D eigenvalue weighted by Gasteiger charge is -2.38. The molecule has 1 amide bonds. The molecule has 2 atom stereocenters. The van der Waals surface area contributed by atoms with Crippen molar-refractivity contribution in [3.05, 3.63) is 52.8 Å². The Morgan fingerprint density at radius 3 is 2.96 bits per heavy atom. The maximum absolute atomic E-state index is 13.1. The zero-order chi connectivity index (χ0) is 17.2. The molecule has 0 saturated carbocycles. The summed E-state index contributed by atoms with van der Waals surface area (Å²) in [6.07, 6.45) is 3.03. The molecule has 0 radical (unpaired) electrons. The van der Waals surface area contributed by atoms with Crippen molar-refractivity contribution in [1.82, 2.24) is 20.4 Å². The molecule has 5 heteroatoms. The third-order valence-electron chi connectivity index (χ3n) is 5.78. The number of carbonyl (C=O) groups is 1. The lowest BCUT2D eigenvalue weighted by atomic mass is 9.79. The summed E-state index contributed by atoms with van der Waals surface area (Å²) in [5, 5.41) is 10.8. The van der Waals surface area contributed by atoms with Gasteiger partial charge in [0.05, 0.1) is 0 Å². The summed E-state index contributed by atoms with van der Waals surface area (Å²) >= 11 is 0. The molecule has 132 valence electrons. The Morgan fingerprint density at radius 1 is 1.32 bits per heavy atom. The first-order chi connectivity index (χ1) is 12.3. The normalized spacial score (nSPS) is 23.3. The number of hydrogen-bond donors (Lipinski definition) is 2. The first-order valence-corrected chi connectivity index (χ1v) is 9.39. The average Bonchev–Trinajstić information content (AvgIpc) is 3.11. The summed E-state index contributed by atoms with van der Waals surface area (Å²) in [6, 6.07) is 10.7. The van der Waals surface area contributed by atoms with Crippen molar-refractivity contribution in [2.24, 2.45) is 5.92 Å². The van der Waals surface area contributed by atoms with E-state index in [1.54, 1.807) is 0 Å². The van der Waals surface area contributed by atoms with Crippen molar-refractivity contribution in [2.75, 3.05) is 19.6 Å². The van der Waals surface area contributed by atoms with Gasteiger partial charge >= 0.3 is 0 Å². The first kappa shape index (κ1) is 16.3. The summed E-state index contributed by atoms with van der Waals surface area (Å²) < 4.78 is 0. The maximum Gasteiger partial charge on any atom is 0.274 e. The molecule has 2 aromatic rings. The second-order valence-corrected chi connectivity index (χ2v) is 7.18. The van der Waals surface area contributed by atoms with Crippen LogP contribution in [0.25, 0.3) is 0 Å². The van der Waals surface area contributed by atoms with Crippen LogP contribution in [-0.2, 0) is 13.0 Å². The van der Waals surface area contributed by atoms with Crippen LogP contribution in [0.2, 0.25) is 0 Å². The van der Waals surface area contributed by atoms with E-state index in [2.05, 4.69) is 52.8 Å². The Labute approximate surface area is 148 Å². The highest BCUT2D eigenvalue weighted by molar-refractivity contribution is 5.94. The van der Waals surface area contributed by atoms with E-state index in [1.165, 1.54) is 5.56 Å². The zero-order valence-electron chi connectivity index (χ0n) is 14.8. The summed E-state index contributed by atoms with van der Waals surface area (Å²) in [5.41, 5.74) is 4.21. The van der Waals surface area contributed by atoms with E-state index in [4.69, 9.17) is 0 Å². The molecule has 1 aromatic heterocycles. The number of rotatable bonds is 3. The van der Waals surface area contributed by atoms with Gasteiger partial charge in [0.1, 0.15) is 0 Å². The minimum Gasteiger partial charge on any atom is -0.337 e. The van der Waals surface area contributed by atoms with Gasteiger partial charge in [0.2, 0.25) is 0 Å². The number of amides is 1. The molecule has 3 heterocycles. The van der Waals surface area contributed by atoms with E-state index in [9.17, 15) is 4.79 Å². The second-order valence-electron chi connectivity index (χ2n) is 7.18. The van der Waals surface area contributed by atoms with Gasteiger partial charge in [-0.2, -0.15) is 5.10 Å². The topological polar surface area (TPSA) is 61.0 Å². The van der Waals surface area contributed by atoms with Crippen molar-refractivity contribution in [3.8, 4) is 0 Å². The number of benzene rings is 1. The predicted molar refractivity (Wildman–Crippen MR) is 97.5 cm³/mol. The van der Waals surface area contributed by atoms with Gasteiger partial charge in [-0.25, -0.2) is 0 Å². The summed E-state index contributed by atoms with van der Waals surface area (Å²) in [7, 11) is 0. The zero-order valence-corrected chi connectivity index (χ0v) is 14.8. The Morgan fingerprint density at radius 2 is 2.16 bits per heavy atom. The quantitative estimate of drug-likeness (QED) is 0.904. The van der Waals surface area contributed by atoms with Gasteiger partial charge < -0.3 is 10.2 Å². The highest BCUT2D eigenvalue weighted by atomic mass is 16.2. The van der Waals surface area contributed by atoms with E-state index < -0.39 is 0 Å². The monoisotopic (exact) mass is 338 g/mol. The number of fused-ring (bicyclic) bond motifs is 1. The average molecular weight is 338 g/mol. The molecule has 0 bridgehead atoms. The fourth-order valence-corrected chi connectivity index (χ4v) is 4.32. The number of likely N-dealkylation sites (tertiary alicyclic amines) is 1.